The molecule has 2 aromatic heterocycles. The van der Waals surface area contributed by atoms with E-state index in [9.17, 15) is 5.11 Å². The molecule has 8 nitrogen and oxygen atoms in total. The first-order chi connectivity index (χ1) is 13.7. The number of nitrogens with one attached hydrogen (secondary N) is 2. The molecule has 0 saturated carbocycles. The van der Waals surface area contributed by atoms with E-state index in [1.165, 1.54) is 0 Å². The summed E-state index contributed by atoms with van der Waals surface area (Å²) in [4.78, 5) is 16.0. The highest BCUT2D eigenvalue weighted by Gasteiger charge is 2.15. The van der Waals surface area contributed by atoms with Crippen molar-refractivity contribution in [3.8, 4) is 11.4 Å². The number of aromatic nitrogens is 3. The maximum atomic E-state index is 9.64. The van der Waals surface area contributed by atoms with Gasteiger partial charge in [0.15, 0.2) is 0 Å². The van der Waals surface area contributed by atoms with E-state index in [4.69, 9.17) is 4.74 Å². The minimum Gasteiger partial charge on any atom is -0.394 e. The molecule has 0 radical (unpaired) electrons. The number of pyridine rings is 1. The molecule has 1 atom stereocenters. The van der Waals surface area contributed by atoms with Crippen LogP contribution in [0.1, 0.15) is 13.8 Å². The third-order valence-corrected chi connectivity index (χ3v) is 4.81. The van der Waals surface area contributed by atoms with Gasteiger partial charge in [-0.15, -0.1) is 0 Å². The highest BCUT2D eigenvalue weighted by Crippen LogP contribution is 2.20. The molecule has 3 heterocycles. The summed E-state index contributed by atoms with van der Waals surface area (Å²) in [7, 11) is 0. The summed E-state index contributed by atoms with van der Waals surface area (Å²) in [6.45, 7) is 9.36. The second-order valence-electron chi connectivity index (χ2n) is 7.24. The van der Waals surface area contributed by atoms with Gasteiger partial charge < -0.3 is 20.5 Å². The maximum Gasteiger partial charge on any atom is 0.225 e. The summed E-state index contributed by atoms with van der Waals surface area (Å²) >= 11 is 0. The van der Waals surface area contributed by atoms with E-state index in [1.807, 2.05) is 24.3 Å². The zero-order chi connectivity index (χ0) is 19.8. The van der Waals surface area contributed by atoms with Gasteiger partial charge >= 0.3 is 0 Å². The Kier molecular flexibility index (Phi) is 7.53. The summed E-state index contributed by atoms with van der Waals surface area (Å²) in [5.74, 6) is 1.49. The fourth-order valence-electron chi connectivity index (χ4n) is 3.00. The zero-order valence-corrected chi connectivity index (χ0v) is 16.6. The van der Waals surface area contributed by atoms with E-state index in [0.717, 1.165) is 56.6 Å². The van der Waals surface area contributed by atoms with Crippen molar-refractivity contribution in [1.29, 1.82) is 0 Å². The molecule has 28 heavy (non-hydrogen) atoms. The molecule has 3 rings (SSSR count). The van der Waals surface area contributed by atoms with Crippen LogP contribution in [0.3, 0.4) is 0 Å². The van der Waals surface area contributed by atoms with Crippen LogP contribution in [-0.4, -0.2) is 77.0 Å². The topological polar surface area (TPSA) is 95.4 Å². The average Bonchev–Trinajstić information content (AvgIpc) is 2.73. The van der Waals surface area contributed by atoms with Gasteiger partial charge in [0.05, 0.1) is 37.3 Å². The SMILES string of the molecule is CC(C)[C@@H](CO)Nc1nc(NCCN2CCOCC2)cc(-c2ccccn2)n1. The molecule has 1 aliphatic rings. The van der Waals surface area contributed by atoms with Crippen LogP contribution >= 0.6 is 0 Å². The molecule has 1 fully saturated rings. The molecule has 0 amide bonds. The molecule has 0 aliphatic carbocycles. The van der Waals surface area contributed by atoms with Crippen molar-refractivity contribution in [2.75, 3.05) is 56.6 Å². The Hall–Kier alpha value is -2.29. The van der Waals surface area contributed by atoms with Gasteiger partial charge in [-0.25, -0.2) is 4.98 Å². The number of hydrogen-bond acceptors (Lipinski definition) is 8. The second-order valence-corrected chi connectivity index (χ2v) is 7.24. The van der Waals surface area contributed by atoms with Crippen LogP contribution in [0.4, 0.5) is 11.8 Å². The van der Waals surface area contributed by atoms with Crippen molar-refractivity contribution in [3.63, 3.8) is 0 Å². The zero-order valence-electron chi connectivity index (χ0n) is 16.6. The summed E-state index contributed by atoms with van der Waals surface area (Å²) in [5, 5.41) is 16.3. The molecule has 0 unspecified atom stereocenters. The van der Waals surface area contributed by atoms with Gasteiger partial charge in [0.1, 0.15) is 5.82 Å². The lowest BCUT2D eigenvalue weighted by atomic mass is 10.1. The first kappa shape index (κ1) is 20.4. The predicted octanol–water partition coefficient (Wildman–Crippen LogP) is 1.71. The highest BCUT2D eigenvalue weighted by molar-refractivity contribution is 5.61. The smallest absolute Gasteiger partial charge is 0.225 e. The van der Waals surface area contributed by atoms with E-state index >= 15 is 0 Å². The first-order valence-corrected chi connectivity index (χ1v) is 9.87. The number of rotatable bonds is 9. The molecule has 8 heteroatoms. The minimum absolute atomic E-state index is 0.0225. The minimum atomic E-state index is -0.111. The Balaban J connectivity index is 1.74. The third kappa shape index (κ3) is 5.85. The van der Waals surface area contributed by atoms with Crippen LogP contribution in [0, 0.1) is 5.92 Å². The van der Waals surface area contributed by atoms with Crippen molar-refractivity contribution >= 4 is 11.8 Å². The van der Waals surface area contributed by atoms with Crippen LogP contribution in [0.2, 0.25) is 0 Å². The molecule has 3 N–H and O–H groups in total. The van der Waals surface area contributed by atoms with E-state index in [2.05, 4.69) is 44.3 Å². The second kappa shape index (κ2) is 10.3. The standard InChI is InChI=1S/C20H30N6O2/c1-15(2)18(14-27)24-20-23-17(16-5-3-4-6-21-16)13-19(25-20)22-7-8-26-9-11-28-12-10-26/h3-6,13,15,18,27H,7-12,14H2,1-2H3,(H2,22,23,24,25)/t18-/m1/s1. The fraction of sp³-hybridized carbons (Fsp3) is 0.550. The van der Waals surface area contributed by atoms with Crippen LogP contribution in [0.5, 0.6) is 0 Å². The first-order valence-electron chi connectivity index (χ1n) is 9.87. The van der Waals surface area contributed by atoms with E-state index in [-0.39, 0.29) is 18.6 Å². The normalized spacial score (nSPS) is 16.1. The lowest BCUT2D eigenvalue weighted by Crippen LogP contribution is -2.39. The van der Waals surface area contributed by atoms with E-state index in [0.29, 0.717) is 5.95 Å². The van der Waals surface area contributed by atoms with Crippen molar-refractivity contribution in [2.24, 2.45) is 5.92 Å². The number of ether oxygens (including phenoxy) is 1. The summed E-state index contributed by atoms with van der Waals surface area (Å²) in [6, 6.07) is 7.55. The highest BCUT2D eigenvalue weighted by atomic mass is 16.5. The van der Waals surface area contributed by atoms with Gasteiger partial charge in [-0.05, 0) is 18.1 Å². The van der Waals surface area contributed by atoms with Crippen LogP contribution < -0.4 is 10.6 Å². The number of aliphatic hydroxyl groups is 1. The van der Waals surface area contributed by atoms with Gasteiger partial charge in [-0.1, -0.05) is 19.9 Å². The van der Waals surface area contributed by atoms with Crippen molar-refractivity contribution in [1.82, 2.24) is 19.9 Å². The molecule has 2 aromatic rings. The molecular weight excluding hydrogens is 356 g/mol. The summed E-state index contributed by atoms with van der Waals surface area (Å²) in [5.41, 5.74) is 1.53. The van der Waals surface area contributed by atoms with Crippen molar-refractivity contribution < 1.29 is 9.84 Å². The number of aliphatic hydroxyl groups excluding tert-OH is 1. The monoisotopic (exact) mass is 386 g/mol. The largest absolute Gasteiger partial charge is 0.394 e. The molecule has 1 aliphatic heterocycles. The van der Waals surface area contributed by atoms with E-state index < -0.39 is 0 Å². The summed E-state index contributed by atoms with van der Waals surface area (Å²) < 4.78 is 5.39. The van der Waals surface area contributed by atoms with Crippen molar-refractivity contribution in [3.05, 3.63) is 30.5 Å². The molecular formula is C20H30N6O2. The Morgan fingerprint density at radius 2 is 2.00 bits per heavy atom. The van der Waals surface area contributed by atoms with Gasteiger partial charge in [0, 0.05) is 38.4 Å². The number of nitrogens with zero attached hydrogens (tertiary/aromatic N) is 4. The quantitative estimate of drug-likeness (QED) is 0.600. The maximum absolute atomic E-state index is 9.64. The van der Waals surface area contributed by atoms with Crippen LogP contribution in [-0.2, 0) is 4.74 Å². The lowest BCUT2D eigenvalue weighted by Gasteiger charge is -2.26. The third-order valence-electron chi connectivity index (χ3n) is 4.81. The Morgan fingerprint density at radius 3 is 2.68 bits per heavy atom. The number of morpholine rings is 1. The number of anilines is 2. The lowest BCUT2D eigenvalue weighted by molar-refractivity contribution is 0.0398. The van der Waals surface area contributed by atoms with Gasteiger partial charge in [0.25, 0.3) is 0 Å². The fourth-order valence-corrected chi connectivity index (χ4v) is 3.00. The molecule has 152 valence electrons. The van der Waals surface area contributed by atoms with Gasteiger partial charge in [-0.2, -0.15) is 4.98 Å². The molecule has 0 aromatic carbocycles. The molecule has 1 saturated heterocycles. The van der Waals surface area contributed by atoms with E-state index in [1.54, 1.807) is 6.20 Å². The Bertz CT molecular complexity index is 722. The van der Waals surface area contributed by atoms with Gasteiger partial charge in [-0.3, -0.25) is 9.88 Å². The van der Waals surface area contributed by atoms with Gasteiger partial charge in [0.2, 0.25) is 5.95 Å². The molecule has 0 spiro atoms. The van der Waals surface area contributed by atoms with Crippen molar-refractivity contribution in [2.45, 2.75) is 19.9 Å². The summed E-state index contributed by atoms with van der Waals surface area (Å²) in [6.07, 6.45) is 1.75. The molecule has 0 bridgehead atoms. The average molecular weight is 387 g/mol. The predicted molar refractivity (Wildman–Crippen MR) is 110 cm³/mol. The Labute approximate surface area is 166 Å². The van der Waals surface area contributed by atoms with Crippen LogP contribution in [0.15, 0.2) is 30.5 Å². The number of hydrogen-bond donors (Lipinski definition) is 3. The van der Waals surface area contributed by atoms with Crippen LogP contribution in [0.25, 0.3) is 11.4 Å². The Morgan fingerprint density at radius 1 is 1.18 bits per heavy atom.